The second kappa shape index (κ2) is 7.22. The number of hydrogen-bond donors (Lipinski definition) is 2. The van der Waals surface area contributed by atoms with Gasteiger partial charge in [0.05, 0.1) is 0 Å². The number of piperidine rings is 1. The Morgan fingerprint density at radius 2 is 1.88 bits per heavy atom. The molecule has 2 aliphatic heterocycles. The third-order valence-electron chi connectivity index (χ3n) is 4.72. The second-order valence-electron chi connectivity index (χ2n) is 6.38. The molecule has 0 spiro atoms. The molecule has 134 valence electrons. The molecule has 2 aliphatic rings. The zero-order valence-corrected chi connectivity index (χ0v) is 14.4. The van der Waals surface area contributed by atoms with Crippen LogP contribution in [0.4, 0.5) is 0 Å². The predicted molar refractivity (Wildman–Crippen MR) is 88.0 cm³/mol. The molecule has 9 heteroatoms. The molecule has 0 aliphatic carbocycles. The molecule has 2 fully saturated rings. The zero-order chi connectivity index (χ0) is 17.2. The van der Waals surface area contributed by atoms with E-state index in [1.807, 2.05) is 0 Å². The van der Waals surface area contributed by atoms with Crippen molar-refractivity contribution in [2.24, 2.45) is 11.7 Å². The third-order valence-corrected chi connectivity index (χ3v) is 6.50. The van der Waals surface area contributed by atoms with Crippen molar-refractivity contribution < 1.29 is 17.6 Å². The molecule has 24 heavy (non-hydrogen) atoms. The number of primary amides is 1. The van der Waals surface area contributed by atoms with Gasteiger partial charge in [-0.3, -0.25) is 4.79 Å². The van der Waals surface area contributed by atoms with Gasteiger partial charge >= 0.3 is 0 Å². The number of hydrogen-bond acceptors (Lipinski definition) is 6. The molecular weight excluding hydrogens is 332 g/mol. The van der Waals surface area contributed by atoms with Crippen LogP contribution in [-0.2, 0) is 10.0 Å². The number of sulfonamides is 1. The molecule has 0 radical (unpaired) electrons. The van der Waals surface area contributed by atoms with Crippen LogP contribution in [0.2, 0.25) is 0 Å². The smallest absolute Gasteiger partial charge is 0.284 e. The summed E-state index contributed by atoms with van der Waals surface area (Å²) < 4.78 is 31.6. The number of nitrogens with zero attached hydrogens (tertiary/aromatic N) is 2. The Balaban J connectivity index is 1.57. The van der Waals surface area contributed by atoms with Gasteiger partial charge in [0.15, 0.2) is 5.76 Å². The van der Waals surface area contributed by atoms with Gasteiger partial charge in [0.1, 0.15) is 0 Å². The lowest BCUT2D eigenvalue weighted by atomic mass is 9.97. The number of furan rings is 1. The average molecular weight is 356 g/mol. The lowest BCUT2D eigenvalue weighted by Gasteiger charge is -2.36. The minimum Gasteiger partial charge on any atom is -0.438 e. The Morgan fingerprint density at radius 3 is 2.46 bits per heavy atom. The summed E-state index contributed by atoms with van der Waals surface area (Å²) in [6.45, 7) is 5.46. The van der Waals surface area contributed by atoms with E-state index in [1.54, 1.807) is 0 Å². The Labute approximate surface area is 142 Å². The number of carbonyl (C=O) groups is 1. The van der Waals surface area contributed by atoms with Crippen molar-refractivity contribution in [2.75, 3.05) is 45.8 Å². The summed E-state index contributed by atoms with van der Waals surface area (Å²) in [5.41, 5.74) is 5.10. The summed E-state index contributed by atoms with van der Waals surface area (Å²) in [5.74, 6) is -0.223. The molecule has 0 unspecified atom stereocenters. The molecular formula is C15H24N4O4S. The second-order valence-corrected chi connectivity index (χ2v) is 8.25. The lowest BCUT2D eigenvalue weighted by molar-refractivity contribution is 0.0968. The average Bonchev–Trinajstić information content (AvgIpc) is 3.07. The molecule has 0 saturated carbocycles. The van der Waals surface area contributed by atoms with Crippen LogP contribution < -0.4 is 11.1 Å². The molecule has 1 amide bonds. The number of amides is 1. The lowest BCUT2D eigenvalue weighted by Crippen LogP contribution is -2.50. The van der Waals surface area contributed by atoms with Gasteiger partial charge in [-0.1, -0.05) is 0 Å². The fraction of sp³-hybridized carbons (Fsp3) is 0.667. The van der Waals surface area contributed by atoms with Crippen LogP contribution in [0.1, 0.15) is 23.4 Å². The molecule has 3 rings (SSSR count). The van der Waals surface area contributed by atoms with Gasteiger partial charge < -0.3 is 20.4 Å². The Kier molecular flexibility index (Phi) is 5.24. The molecule has 1 aromatic heterocycles. The van der Waals surface area contributed by atoms with Gasteiger partial charge in [-0.25, -0.2) is 8.42 Å². The van der Waals surface area contributed by atoms with Gasteiger partial charge in [-0.2, -0.15) is 4.31 Å². The fourth-order valence-electron chi connectivity index (χ4n) is 3.30. The monoisotopic (exact) mass is 356 g/mol. The summed E-state index contributed by atoms with van der Waals surface area (Å²) in [6.07, 6.45) is 2.36. The topological polar surface area (TPSA) is 109 Å². The molecule has 2 saturated heterocycles. The maximum atomic E-state index is 12.6. The fourth-order valence-corrected chi connectivity index (χ4v) is 4.63. The summed E-state index contributed by atoms with van der Waals surface area (Å²) in [6, 6.07) is 2.58. The van der Waals surface area contributed by atoms with Crippen LogP contribution >= 0.6 is 0 Å². The van der Waals surface area contributed by atoms with Crippen LogP contribution in [0.25, 0.3) is 0 Å². The van der Waals surface area contributed by atoms with Gasteiger partial charge in [-0.05, 0) is 44.0 Å². The minimum absolute atomic E-state index is 0.141. The number of nitrogens with one attached hydrogen (secondary N) is 1. The highest BCUT2D eigenvalue weighted by Gasteiger charge is 2.32. The van der Waals surface area contributed by atoms with E-state index in [4.69, 9.17) is 10.2 Å². The summed E-state index contributed by atoms with van der Waals surface area (Å²) in [7, 11) is -3.71. The van der Waals surface area contributed by atoms with Crippen molar-refractivity contribution in [1.29, 1.82) is 0 Å². The van der Waals surface area contributed by atoms with Crippen molar-refractivity contribution in [3.63, 3.8) is 0 Å². The van der Waals surface area contributed by atoms with E-state index in [0.717, 1.165) is 19.6 Å². The highest BCUT2D eigenvalue weighted by atomic mass is 32.2. The SMILES string of the molecule is NC(=O)c1ccc(S(=O)(=O)N2CCN(CC3CCNCC3)CC2)o1. The van der Waals surface area contributed by atoms with E-state index < -0.39 is 15.9 Å². The maximum Gasteiger partial charge on any atom is 0.284 e. The van der Waals surface area contributed by atoms with E-state index in [1.165, 1.54) is 29.3 Å². The summed E-state index contributed by atoms with van der Waals surface area (Å²) in [5, 5.41) is 3.14. The molecule has 1 aromatic rings. The first-order valence-electron chi connectivity index (χ1n) is 8.29. The van der Waals surface area contributed by atoms with Gasteiger partial charge in [0.25, 0.3) is 15.9 Å². The molecule has 8 nitrogen and oxygen atoms in total. The Hall–Kier alpha value is -1.42. The first-order valence-corrected chi connectivity index (χ1v) is 9.73. The first kappa shape index (κ1) is 17.4. The van der Waals surface area contributed by atoms with Crippen molar-refractivity contribution in [3.05, 3.63) is 17.9 Å². The van der Waals surface area contributed by atoms with Crippen molar-refractivity contribution >= 4 is 15.9 Å². The number of piperazine rings is 1. The zero-order valence-electron chi connectivity index (χ0n) is 13.6. The number of rotatable bonds is 5. The number of nitrogens with two attached hydrogens (primary N) is 1. The maximum absolute atomic E-state index is 12.6. The highest BCUT2D eigenvalue weighted by molar-refractivity contribution is 7.89. The largest absolute Gasteiger partial charge is 0.438 e. The first-order chi connectivity index (χ1) is 11.5. The van der Waals surface area contributed by atoms with Crippen LogP contribution in [0.3, 0.4) is 0 Å². The quantitative estimate of drug-likeness (QED) is 0.749. The van der Waals surface area contributed by atoms with E-state index in [0.29, 0.717) is 32.1 Å². The molecule has 3 N–H and O–H groups in total. The van der Waals surface area contributed by atoms with E-state index in [-0.39, 0.29) is 10.9 Å². The van der Waals surface area contributed by atoms with E-state index in [9.17, 15) is 13.2 Å². The molecule has 0 atom stereocenters. The van der Waals surface area contributed by atoms with Crippen LogP contribution in [0.15, 0.2) is 21.6 Å². The van der Waals surface area contributed by atoms with Crippen LogP contribution in [0.5, 0.6) is 0 Å². The Bertz CT molecular complexity index is 673. The standard InChI is InChI=1S/C15H24N4O4S/c16-15(20)13-1-2-14(23-13)24(21,22)19-9-7-18(8-10-19)11-12-3-5-17-6-4-12/h1-2,12,17H,3-11H2,(H2,16,20). The molecule has 3 heterocycles. The van der Waals surface area contributed by atoms with Crippen LogP contribution in [-0.4, -0.2) is 69.3 Å². The van der Waals surface area contributed by atoms with Gasteiger partial charge in [0, 0.05) is 32.7 Å². The van der Waals surface area contributed by atoms with Crippen molar-refractivity contribution in [2.45, 2.75) is 17.9 Å². The van der Waals surface area contributed by atoms with Gasteiger partial charge in [0.2, 0.25) is 5.09 Å². The van der Waals surface area contributed by atoms with Crippen molar-refractivity contribution in [3.8, 4) is 0 Å². The summed E-state index contributed by atoms with van der Waals surface area (Å²) >= 11 is 0. The number of carbonyl (C=O) groups excluding carboxylic acids is 1. The highest BCUT2D eigenvalue weighted by Crippen LogP contribution is 2.21. The van der Waals surface area contributed by atoms with E-state index in [2.05, 4.69) is 10.2 Å². The predicted octanol–water partition coefficient (Wildman–Crippen LogP) is -0.316. The minimum atomic E-state index is -3.71. The normalized spacial score (nSPS) is 21.8. The summed E-state index contributed by atoms with van der Waals surface area (Å²) in [4.78, 5) is 13.4. The Morgan fingerprint density at radius 1 is 1.21 bits per heavy atom. The molecule has 0 bridgehead atoms. The third kappa shape index (κ3) is 3.80. The molecule has 0 aromatic carbocycles. The van der Waals surface area contributed by atoms with E-state index >= 15 is 0 Å². The van der Waals surface area contributed by atoms with Gasteiger partial charge in [-0.15, -0.1) is 0 Å². The van der Waals surface area contributed by atoms with Crippen molar-refractivity contribution in [1.82, 2.24) is 14.5 Å². The van der Waals surface area contributed by atoms with Crippen LogP contribution in [0, 0.1) is 5.92 Å².